The second kappa shape index (κ2) is 6.92. The van der Waals surface area contributed by atoms with Crippen molar-refractivity contribution in [2.75, 3.05) is 7.11 Å². The Labute approximate surface area is 150 Å². The zero-order chi connectivity index (χ0) is 18.8. The molecule has 1 N–H and O–H groups in total. The van der Waals surface area contributed by atoms with Crippen LogP contribution in [-0.4, -0.2) is 16.7 Å². The molecule has 7 nitrogen and oxygen atoms in total. The lowest BCUT2D eigenvalue weighted by molar-refractivity contribution is -0.622. The number of benzene rings is 1. The van der Waals surface area contributed by atoms with Crippen molar-refractivity contribution < 1.29 is 9.47 Å². The molecule has 0 aliphatic heterocycles. The van der Waals surface area contributed by atoms with Crippen LogP contribution in [0, 0.1) is 22.5 Å². The fourth-order valence-corrected chi connectivity index (χ4v) is 3.11. The van der Waals surface area contributed by atoms with E-state index in [2.05, 4.69) is 11.1 Å². The minimum atomic E-state index is -0.431. The Morgan fingerprint density at radius 3 is 2.77 bits per heavy atom. The van der Waals surface area contributed by atoms with Gasteiger partial charge in [-0.25, -0.2) is 0 Å². The van der Waals surface area contributed by atoms with Gasteiger partial charge in [-0.15, -0.1) is 4.73 Å². The van der Waals surface area contributed by atoms with Crippen LogP contribution < -0.4 is 15.0 Å². The van der Waals surface area contributed by atoms with E-state index in [1.54, 1.807) is 10.6 Å². The van der Waals surface area contributed by atoms with Crippen LogP contribution in [0.4, 0.5) is 0 Å². The first kappa shape index (κ1) is 17.5. The molecule has 0 fully saturated rings. The van der Waals surface area contributed by atoms with Gasteiger partial charge in [-0.3, -0.25) is 4.79 Å². The highest BCUT2D eigenvalue weighted by molar-refractivity contribution is 5.82. The van der Waals surface area contributed by atoms with Crippen LogP contribution in [-0.2, 0) is 13.0 Å². The second-order valence-corrected chi connectivity index (χ2v) is 6.57. The summed E-state index contributed by atoms with van der Waals surface area (Å²) in [7, 11) is 1.39. The highest BCUT2D eigenvalue weighted by atomic mass is 16.5. The average Bonchev–Trinajstić information content (AvgIpc) is 2.96. The molecule has 0 radical (unpaired) electrons. The first-order chi connectivity index (χ1) is 12.5. The fourth-order valence-electron chi connectivity index (χ4n) is 3.11. The fraction of sp³-hybridized carbons (Fsp3) is 0.316. The Morgan fingerprint density at radius 2 is 2.12 bits per heavy atom. The van der Waals surface area contributed by atoms with Crippen molar-refractivity contribution in [2.24, 2.45) is 5.92 Å². The number of methoxy groups -OCH3 is 1. The molecule has 0 bridgehead atoms. The predicted octanol–water partition coefficient (Wildman–Crippen LogP) is 2.09. The molecule has 0 aliphatic rings. The molecule has 2 aromatic heterocycles. The van der Waals surface area contributed by atoms with Crippen LogP contribution in [0.5, 0.6) is 5.88 Å². The minimum absolute atomic E-state index is 0.0434. The summed E-state index contributed by atoms with van der Waals surface area (Å²) >= 11 is 0. The monoisotopic (exact) mass is 352 g/mol. The van der Waals surface area contributed by atoms with Gasteiger partial charge in [0.15, 0.2) is 5.69 Å². The molecule has 0 saturated heterocycles. The molecular weight excluding hydrogens is 332 g/mol. The van der Waals surface area contributed by atoms with Gasteiger partial charge >= 0.3 is 11.4 Å². The maximum absolute atomic E-state index is 12.6. The largest absolute Gasteiger partial charge is 0.616 e. The van der Waals surface area contributed by atoms with E-state index in [1.807, 2.05) is 38.1 Å². The van der Waals surface area contributed by atoms with Crippen molar-refractivity contribution in [1.29, 1.82) is 5.26 Å². The van der Waals surface area contributed by atoms with E-state index < -0.39 is 5.56 Å². The number of hydrogen-bond donors (Lipinski definition) is 1. The van der Waals surface area contributed by atoms with Crippen LogP contribution in [0.1, 0.15) is 30.9 Å². The zero-order valence-electron chi connectivity index (χ0n) is 14.9. The molecule has 0 unspecified atom stereocenters. The van der Waals surface area contributed by atoms with Gasteiger partial charge in [-0.2, -0.15) is 5.26 Å². The van der Waals surface area contributed by atoms with Crippen LogP contribution in [0.25, 0.3) is 10.9 Å². The van der Waals surface area contributed by atoms with E-state index in [4.69, 9.17) is 4.74 Å². The van der Waals surface area contributed by atoms with Crippen LogP contribution in [0.15, 0.2) is 35.1 Å². The number of aromatic amines is 1. The number of aromatic nitrogens is 3. The molecule has 0 amide bonds. The van der Waals surface area contributed by atoms with Crippen molar-refractivity contribution in [1.82, 2.24) is 9.55 Å². The first-order valence-corrected chi connectivity index (χ1v) is 8.36. The Morgan fingerprint density at radius 1 is 1.38 bits per heavy atom. The normalized spacial score (nSPS) is 11.0. The summed E-state index contributed by atoms with van der Waals surface area (Å²) in [4.78, 5) is 15.2. The summed E-state index contributed by atoms with van der Waals surface area (Å²) in [5.41, 5.74) is 1.31. The number of rotatable bonds is 5. The number of nitrogens with zero attached hydrogens (tertiary/aromatic N) is 3. The molecule has 0 atom stereocenters. The third-order valence-electron chi connectivity index (χ3n) is 4.25. The highest BCUT2D eigenvalue weighted by Crippen LogP contribution is 2.22. The van der Waals surface area contributed by atoms with Crippen molar-refractivity contribution in [3.05, 3.63) is 63.0 Å². The summed E-state index contributed by atoms with van der Waals surface area (Å²) < 4.78 is 7.59. The Hall–Kier alpha value is -3.27. The number of fused-ring (bicyclic) bond motifs is 1. The van der Waals surface area contributed by atoms with Gasteiger partial charge in [0, 0.05) is 17.3 Å². The number of nitriles is 1. The Balaban J connectivity index is 2.15. The molecule has 3 aromatic rings. The van der Waals surface area contributed by atoms with Crippen LogP contribution in [0.3, 0.4) is 0 Å². The highest BCUT2D eigenvalue weighted by Gasteiger charge is 2.24. The second-order valence-electron chi connectivity index (χ2n) is 6.57. The predicted molar refractivity (Wildman–Crippen MR) is 96.9 cm³/mol. The van der Waals surface area contributed by atoms with E-state index in [1.165, 1.54) is 7.11 Å². The number of para-hydroxylation sites is 1. The number of ether oxygens (including phenoxy) is 1. The lowest BCUT2D eigenvalue weighted by Gasteiger charge is -2.13. The van der Waals surface area contributed by atoms with E-state index in [0.29, 0.717) is 22.5 Å². The lowest BCUT2D eigenvalue weighted by atomic mass is 10.1. The maximum atomic E-state index is 12.6. The number of H-pyrrole nitrogens is 1. The summed E-state index contributed by atoms with van der Waals surface area (Å²) in [6.07, 6.45) is 0.353. The van der Waals surface area contributed by atoms with Gasteiger partial charge in [-0.05, 0) is 18.1 Å². The van der Waals surface area contributed by atoms with Gasteiger partial charge in [0.1, 0.15) is 11.8 Å². The topological polar surface area (TPSA) is 97.8 Å². The number of nitrogens with one attached hydrogen (secondary N) is 1. The summed E-state index contributed by atoms with van der Waals surface area (Å²) in [5, 5.41) is 23.0. The molecule has 2 heterocycles. The lowest BCUT2D eigenvalue weighted by Crippen LogP contribution is -2.43. The molecule has 134 valence electrons. The molecule has 0 spiro atoms. The summed E-state index contributed by atoms with van der Waals surface area (Å²) in [6.45, 7) is 4.02. The third-order valence-corrected chi connectivity index (χ3v) is 4.25. The van der Waals surface area contributed by atoms with E-state index >= 15 is 0 Å². The summed E-state index contributed by atoms with van der Waals surface area (Å²) in [6, 6.07) is 11.5. The minimum Gasteiger partial charge on any atom is -0.616 e. The first-order valence-electron chi connectivity index (χ1n) is 8.36. The molecule has 7 heteroatoms. The molecule has 0 saturated carbocycles. The van der Waals surface area contributed by atoms with Gasteiger partial charge in [-0.1, -0.05) is 32.0 Å². The molecule has 1 aromatic carbocycles. The number of hydrogen-bond acceptors (Lipinski definition) is 4. The van der Waals surface area contributed by atoms with Crippen molar-refractivity contribution in [2.45, 2.75) is 26.8 Å². The Bertz CT molecular complexity index is 1060. The SMILES string of the molecule is COc1c(Cn2c(C#N)cc3ccccc32)[nH]c(=O)c(CC(C)C)[n+]1[O-]. The van der Waals surface area contributed by atoms with Gasteiger partial charge in [0.2, 0.25) is 0 Å². The van der Waals surface area contributed by atoms with E-state index in [9.17, 15) is 15.3 Å². The van der Waals surface area contributed by atoms with Gasteiger partial charge < -0.3 is 19.5 Å². The standard InChI is InChI=1S/C19H20N4O3/c1-12(2)8-17-18(24)21-15(19(26-3)23(17)25)11-22-14(10-20)9-13-6-4-5-7-16(13)22/h4-7,9,12H,8,11H2,1-3H3,(H,21,24). The molecule has 0 aliphatic carbocycles. The van der Waals surface area contributed by atoms with Crippen LogP contribution in [0.2, 0.25) is 0 Å². The van der Waals surface area contributed by atoms with Crippen molar-refractivity contribution in [3.63, 3.8) is 0 Å². The Kier molecular flexibility index (Phi) is 4.67. The van der Waals surface area contributed by atoms with Crippen LogP contribution >= 0.6 is 0 Å². The quantitative estimate of drug-likeness (QED) is 0.561. The van der Waals surface area contributed by atoms with Gasteiger partial charge in [0.05, 0.1) is 13.7 Å². The molecule has 3 rings (SSSR count). The molecule has 26 heavy (non-hydrogen) atoms. The zero-order valence-corrected chi connectivity index (χ0v) is 14.9. The van der Waals surface area contributed by atoms with Gasteiger partial charge in [0.25, 0.3) is 5.69 Å². The van der Waals surface area contributed by atoms with Crippen molar-refractivity contribution in [3.8, 4) is 11.9 Å². The smallest absolute Gasteiger partial charge is 0.401 e. The molecular formula is C19H20N4O3. The average molecular weight is 352 g/mol. The van der Waals surface area contributed by atoms with E-state index in [-0.39, 0.29) is 24.0 Å². The third kappa shape index (κ3) is 3.02. The van der Waals surface area contributed by atoms with Crippen molar-refractivity contribution >= 4 is 10.9 Å². The maximum Gasteiger partial charge on any atom is 0.401 e. The summed E-state index contributed by atoms with van der Waals surface area (Å²) in [5.74, 6) is 0.201. The van der Waals surface area contributed by atoms with E-state index in [0.717, 1.165) is 10.9 Å².